The van der Waals surface area contributed by atoms with Crippen molar-refractivity contribution in [2.45, 2.75) is 23.6 Å². The lowest BCUT2D eigenvalue weighted by Crippen LogP contribution is -2.41. The molecular formula is C17H20N4O4S3. The molecule has 1 aromatic carbocycles. The molecule has 0 atom stereocenters. The summed E-state index contributed by atoms with van der Waals surface area (Å²) in [7, 11) is -3.67. The van der Waals surface area contributed by atoms with Gasteiger partial charge in [-0.2, -0.15) is 4.31 Å². The van der Waals surface area contributed by atoms with Gasteiger partial charge in [-0.3, -0.25) is 9.59 Å². The highest BCUT2D eigenvalue weighted by Gasteiger charge is 2.30. The Morgan fingerprint density at radius 3 is 2.71 bits per heavy atom. The van der Waals surface area contributed by atoms with Crippen LogP contribution in [0, 0.1) is 0 Å². The second kappa shape index (κ2) is 8.60. The van der Waals surface area contributed by atoms with Crippen LogP contribution in [0.5, 0.6) is 0 Å². The summed E-state index contributed by atoms with van der Waals surface area (Å²) < 4.78 is 27.0. The van der Waals surface area contributed by atoms with Crippen LogP contribution in [-0.2, 0) is 19.6 Å². The number of carbonyl (C=O) groups excluding carboxylic acids is 2. The van der Waals surface area contributed by atoms with Crippen molar-refractivity contribution < 1.29 is 18.0 Å². The number of aromatic nitrogens is 1. The summed E-state index contributed by atoms with van der Waals surface area (Å²) >= 11 is 2.61. The fraction of sp³-hybridized carbons (Fsp3) is 0.353. The smallest absolute Gasteiger partial charge is 0.246 e. The standard InChI is InChI=1S/C17H20N4O4S3/c1-3-20(4-2)28(24,25)12-5-6-14-13(9-12)21(16(23)11-27-14)10-15(22)19-17-18-7-8-26-17/h5-9H,3-4,10-11H2,1-2H3,(H,18,19,22). The molecule has 0 aliphatic carbocycles. The van der Waals surface area contributed by atoms with Crippen LogP contribution in [0.25, 0.3) is 0 Å². The highest BCUT2D eigenvalue weighted by atomic mass is 32.2. The number of carbonyl (C=O) groups is 2. The summed E-state index contributed by atoms with van der Waals surface area (Å²) in [5.74, 6) is -0.443. The molecule has 0 bridgehead atoms. The number of hydrogen-bond acceptors (Lipinski definition) is 7. The fourth-order valence-electron chi connectivity index (χ4n) is 2.82. The topological polar surface area (TPSA) is 99.7 Å². The number of nitrogens with zero attached hydrogens (tertiary/aromatic N) is 3. The van der Waals surface area contributed by atoms with E-state index in [0.29, 0.717) is 23.9 Å². The van der Waals surface area contributed by atoms with Crippen LogP contribution in [0.4, 0.5) is 10.8 Å². The Morgan fingerprint density at radius 1 is 1.32 bits per heavy atom. The molecule has 1 aliphatic heterocycles. The quantitative estimate of drug-likeness (QED) is 0.709. The van der Waals surface area contributed by atoms with E-state index >= 15 is 0 Å². The van der Waals surface area contributed by atoms with Crippen LogP contribution in [0.1, 0.15) is 13.8 Å². The third-order valence-electron chi connectivity index (χ3n) is 4.20. The largest absolute Gasteiger partial charge is 0.301 e. The van der Waals surface area contributed by atoms with Gasteiger partial charge in [0.25, 0.3) is 0 Å². The first-order valence-corrected chi connectivity index (χ1v) is 11.9. The van der Waals surface area contributed by atoms with E-state index in [1.807, 2.05) is 0 Å². The highest BCUT2D eigenvalue weighted by molar-refractivity contribution is 8.00. The summed E-state index contributed by atoms with van der Waals surface area (Å²) in [6.45, 7) is 4.04. The lowest BCUT2D eigenvalue weighted by molar-refractivity contribution is -0.120. The summed E-state index contributed by atoms with van der Waals surface area (Å²) in [5.41, 5.74) is 0.434. The lowest BCUT2D eigenvalue weighted by atomic mass is 10.2. The van der Waals surface area contributed by atoms with Crippen LogP contribution < -0.4 is 10.2 Å². The van der Waals surface area contributed by atoms with Crippen molar-refractivity contribution in [1.29, 1.82) is 0 Å². The SMILES string of the molecule is CCN(CC)S(=O)(=O)c1ccc2c(c1)N(CC(=O)Nc1nccs1)C(=O)CS2. The van der Waals surface area contributed by atoms with Crippen molar-refractivity contribution in [3.8, 4) is 0 Å². The van der Waals surface area contributed by atoms with Gasteiger partial charge < -0.3 is 10.2 Å². The predicted octanol–water partition coefficient (Wildman–Crippen LogP) is 2.25. The summed E-state index contributed by atoms with van der Waals surface area (Å²) in [6.07, 6.45) is 1.57. The van der Waals surface area contributed by atoms with Crippen molar-refractivity contribution >= 4 is 55.8 Å². The van der Waals surface area contributed by atoms with E-state index in [-0.39, 0.29) is 23.1 Å². The van der Waals surface area contributed by atoms with Gasteiger partial charge in [0.05, 0.1) is 16.3 Å². The van der Waals surface area contributed by atoms with Gasteiger partial charge in [0.2, 0.25) is 21.8 Å². The van der Waals surface area contributed by atoms with E-state index in [1.165, 1.54) is 38.4 Å². The Bertz CT molecular complexity index is 972. The minimum absolute atomic E-state index is 0.107. The Kier molecular flexibility index (Phi) is 6.38. The van der Waals surface area contributed by atoms with Gasteiger partial charge in [-0.1, -0.05) is 13.8 Å². The van der Waals surface area contributed by atoms with Gasteiger partial charge in [-0.25, -0.2) is 13.4 Å². The van der Waals surface area contributed by atoms with Crippen LogP contribution >= 0.6 is 23.1 Å². The molecule has 3 rings (SSSR count). The molecule has 0 saturated carbocycles. The maximum absolute atomic E-state index is 12.8. The number of rotatable bonds is 7. The van der Waals surface area contributed by atoms with Crippen LogP contribution in [0.3, 0.4) is 0 Å². The summed E-state index contributed by atoms with van der Waals surface area (Å²) in [4.78, 5) is 31.0. The molecule has 1 aliphatic rings. The second-order valence-corrected chi connectivity index (χ2v) is 9.72. The average Bonchev–Trinajstić information content (AvgIpc) is 3.17. The molecule has 0 spiro atoms. The maximum Gasteiger partial charge on any atom is 0.246 e. The number of fused-ring (bicyclic) bond motifs is 1. The molecule has 0 unspecified atom stereocenters. The van der Waals surface area contributed by atoms with E-state index in [1.54, 1.807) is 37.6 Å². The van der Waals surface area contributed by atoms with E-state index in [2.05, 4.69) is 10.3 Å². The van der Waals surface area contributed by atoms with Crippen LogP contribution in [-0.4, -0.2) is 54.9 Å². The average molecular weight is 441 g/mol. The number of sulfonamides is 1. The fourth-order valence-corrected chi connectivity index (χ4v) is 5.76. The van der Waals surface area contributed by atoms with Crippen LogP contribution in [0.15, 0.2) is 39.6 Å². The van der Waals surface area contributed by atoms with Gasteiger partial charge in [-0.15, -0.1) is 23.1 Å². The van der Waals surface area contributed by atoms with Gasteiger partial charge in [0.1, 0.15) is 6.54 Å². The van der Waals surface area contributed by atoms with E-state index < -0.39 is 15.9 Å². The first-order valence-electron chi connectivity index (χ1n) is 8.63. The molecule has 11 heteroatoms. The molecule has 0 fully saturated rings. The number of thiazole rings is 1. The maximum atomic E-state index is 12.8. The Labute approximate surface area is 172 Å². The molecule has 2 heterocycles. The van der Waals surface area contributed by atoms with Crippen LogP contribution in [0.2, 0.25) is 0 Å². The molecule has 0 saturated heterocycles. The number of hydrogen-bond donors (Lipinski definition) is 1. The second-order valence-electron chi connectivity index (χ2n) is 5.87. The zero-order chi connectivity index (χ0) is 20.3. The molecule has 8 nitrogen and oxygen atoms in total. The Hall–Kier alpha value is -1.95. The zero-order valence-electron chi connectivity index (χ0n) is 15.4. The van der Waals surface area contributed by atoms with Crippen molar-refractivity contribution in [1.82, 2.24) is 9.29 Å². The third-order valence-corrected chi connectivity index (χ3v) is 7.98. The Morgan fingerprint density at radius 2 is 2.07 bits per heavy atom. The predicted molar refractivity (Wildman–Crippen MR) is 110 cm³/mol. The molecule has 0 radical (unpaired) electrons. The van der Waals surface area contributed by atoms with Gasteiger partial charge in [-0.05, 0) is 18.2 Å². The number of amides is 2. The van der Waals surface area contributed by atoms with Crippen molar-refractivity contribution in [2.75, 3.05) is 35.6 Å². The Balaban J connectivity index is 1.91. The molecule has 2 aromatic rings. The molecule has 1 N–H and O–H groups in total. The normalized spacial score (nSPS) is 14.2. The zero-order valence-corrected chi connectivity index (χ0v) is 17.9. The first-order chi connectivity index (χ1) is 13.4. The van der Waals surface area contributed by atoms with Crippen molar-refractivity contribution in [2.24, 2.45) is 0 Å². The molecule has 1 aromatic heterocycles. The number of anilines is 2. The minimum Gasteiger partial charge on any atom is -0.301 e. The minimum atomic E-state index is -3.67. The van der Waals surface area contributed by atoms with E-state index in [0.717, 1.165) is 4.90 Å². The molecule has 150 valence electrons. The van der Waals surface area contributed by atoms with E-state index in [4.69, 9.17) is 0 Å². The monoisotopic (exact) mass is 440 g/mol. The molecule has 2 amide bonds. The number of benzene rings is 1. The third kappa shape index (κ3) is 4.22. The van der Waals surface area contributed by atoms with Gasteiger partial charge in [0, 0.05) is 29.6 Å². The lowest BCUT2D eigenvalue weighted by Gasteiger charge is -2.29. The number of thioether (sulfide) groups is 1. The van der Waals surface area contributed by atoms with Gasteiger partial charge >= 0.3 is 0 Å². The van der Waals surface area contributed by atoms with Gasteiger partial charge in [0.15, 0.2) is 5.13 Å². The van der Waals surface area contributed by atoms with E-state index in [9.17, 15) is 18.0 Å². The highest BCUT2D eigenvalue weighted by Crippen LogP contribution is 2.37. The first kappa shape index (κ1) is 20.8. The molecule has 28 heavy (non-hydrogen) atoms. The van der Waals surface area contributed by atoms with Crippen molar-refractivity contribution in [3.63, 3.8) is 0 Å². The number of nitrogens with one attached hydrogen (secondary N) is 1. The molecular weight excluding hydrogens is 420 g/mol. The summed E-state index contributed by atoms with van der Waals surface area (Å²) in [5, 5.41) is 4.82. The summed E-state index contributed by atoms with van der Waals surface area (Å²) in [6, 6.07) is 4.71. The van der Waals surface area contributed by atoms with Crippen molar-refractivity contribution in [3.05, 3.63) is 29.8 Å².